The molecule has 1 aromatic heterocycles. The number of aromatic nitrogens is 1. The van der Waals surface area contributed by atoms with Crippen LogP contribution in [-0.2, 0) is 9.84 Å². The smallest absolute Gasteiger partial charge is 0.249 e. The van der Waals surface area contributed by atoms with Gasteiger partial charge in [-0.25, -0.2) is 8.42 Å². The minimum Gasteiger partial charge on any atom is -0.354 e. The highest BCUT2D eigenvalue weighted by Crippen LogP contribution is 2.44. The Kier molecular flexibility index (Phi) is 2.94. The van der Waals surface area contributed by atoms with E-state index in [1.165, 1.54) is 0 Å². The van der Waals surface area contributed by atoms with Gasteiger partial charge in [0.05, 0.1) is 23.1 Å². The first-order valence-corrected chi connectivity index (χ1v) is 9.04. The largest absolute Gasteiger partial charge is 0.354 e. The topological polar surface area (TPSA) is 70.2 Å². The third-order valence-corrected chi connectivity index (χ3v) is 6.74. The Labute approximate surface area is 116 Å². The SMILES string of the molecule is CC1(N2CSc3cc(=O)[nH]cc32)CCS(=O)(=O)CC1. The lowest BCUT2D eigenvalue weighted by atomic mass is 9.92. The van der Waals surface area contributed by atoms with Crippen molar-refractivity contribution in [3.05, 3.63) is 22.6 Å². The Morgan fingerprint density at radius 1 is 1.37 bits per heavy atom. The lowest BCUT2D eigenvalue weighted by molar-refractivity contribution is 0.394. The maximum atomic E-state index is 11.6. The second-order valence-corrected chi connectivity index (χ2v) is 8.69. The second kappa shape index (κ2) is 4.28. The van der Waals surface area contributed by atoms with E-state index in [0.29, 0.717) is 12.8 Å². The van der Waals surface area contributed by atoms with Gasteiger partial charge in [-0.2, -0.15) is 0 Å². The molecule has 0 bridgehead atoms. The summed E-state index contributed by atoms with van der Waals surface area (Å²) in [7, 11) is -2.86. The summed E-state index contributed by atoms with van der Waals surface area (Å²) < 4.78 is 23.1. The zero-order valence-corrected chi connectivity index (χ0v) is 12.3. The number of rotatable bonds is 1. The molecule has 1 aromatic rings. The van der Waals surface area contributed by atoms with Crippen LogP contribution in [0.5, 0.6) is 0 Å². The molecular weight excluding hydrogens is 284 g/mol. The molecule has 1 saturated heterocycles. The standard InChI is InChI=1S/C12H16N2O3S2/c1-12(2-4-19(16,17)5-3-12)14-8-18-10-6-11(15)13-7-9(10)14/h6-7H,2-5,8H2,1H3,(H,13,15). The van der Waals surface area contributed by atoms with Crippen LogP contribution in [0.15, 0.2) is 22.0 Å². The van der Waals surface area contributed by atoms with Crippen LogP contribution in [0.1, 0.15) is 19.8 Å². The number of hydrogen-bond donors (Lipinski definition) is 1. The summed E-state index contributed by atoms with van der Waals surface area (Å²) >= 11 is 1.64. The zero-order valence-electron chi connectivity index (χ0n) is 10.7. The molecule has 2 aliphatic rings. The molecule has 0 atom stereocenters. The first kappa shape index (κ1) is 13.1. The van der Waals surface area contributed by atoms with Gasteiger partial charge in [0.25, 0.3) is 0 Å². The molecule has 1 N–H and O–H groups in total. The number of nitrogens with one attached hydrogen (secondary N) is 1. The predicted octanol–water partition coefficient (Wildman–Crippen LogP) is 1.21. The van der Waals surface area contributed by atoms with Crippen molar-refractivity contribution in [3.8, 4) is 0 Å². The molecule has 104 valence electrons. The van der Waals surface area contributed by atoms with Crippen molar-refractivity contribution in [2.24, 2.45) is 0 Å². The van der Waals surface area contributed by atoms with Gasteiger partial charge in [0.1, 0.15) is 9.84 Å². The minimum absolute atomic E-state index is 0.0931. The molecule has 0 radical (unpaired) electrons. The van der Waals surface area contributed by atoms with Crippen molar-refractivity contribution in [2.75, 3.05) is 22.3 Å². The predicted molar refractivity (Wildman–Crippen MR) is 76.6 cm³/mol. The lowest BCUT2D eigenvalue weighted by Gasteiger charge is -2.42. The number of thioether (sulfide) groups is 1. The summed E-state index contributed by atoms with van der Waals surface area (Å²) in [4.78, 5) is 17.2. The van der Waals surface area contributed by atoms with Crippen LogP contribution in [0.4, 0.5) is 5.69 Å². The maximum Gasteiger partial charge on any atom is 0.249 e. The summed E-state index contributed by atoms with van der Waals surface area (Å²) in [5.41, 5.74) is 0.790. The van der Waals surface area contributed by atoms with Crippen LogP contribution in [0.3, 0.4) is 0 Å². The number of H-pyrrole nitrogens is 1. The van der Waals surface area contributed by atoms with Crippen LogP contribution in [0.25, 0.3) is 0 Å². The Morgan fingerprint density at radius 2 is 2.05 bits per heavy atom. The van der Waals surface area contributed by atoms with Gasteiger partial charge in [-0.1, -0.05) is 0 Å². The van der Waals surface area contributed by atoms with E-state index in [9.17, 15) is 13.2 Å². The summed E-state index contributed by atoms with van der Waals surface area (Å²) in [6, 6.07) is 1.61. The van der Waals surface area contributed by atoms with Crippen molar-refractivity contribution < 1.29 is 8.42 Å². The Morgan fingerprint density at radius 3 is 2.74 bits per heavy atom. The van der Waals surface area contributed by atoms with Gasteiger partial charge in [0.15, 0.2) is 0 Å². The number of aromatic amines is 1. The van der Waals surface area contributed by atoms with E-state index < -0.39 is 9.84 Å². The van der Waals surface area contributed by atoms with Crippen LogP contribution in [0, 0.1) is 0 Å². The molecule has 0 saturated carbocycles. The van der Waals surface area contributed by atoms with E-state index in [1.54, 1.807) is 24.0 Å². The fourth-order valence-electron chi connectivity index (χ4n) is 2.67. The summed E-state index contributed by atoms with van der Waals surface area (Å²) in [5.74, 6) is 1.29. The third-order valence-electron chi connectivity index (χ3n) is 4.06. The molecule has 7 heteroatoms. The molecule has 0 aliphatic carbocycles. The number of pyridine rings is 1. The molecule has 1 fully saturated rings. The van der Waals surface area contributed by atoms with E-state index in [1.807, 2.05) is 0 Å². The van der Waals surface area contributed by atoms with Gasteiger partial charge in [0.2, 0.25) is 5.56 Å². The van der Waals surface area contributed by atoms with Crippen molar-refractivity contribution in [2.45, 2.75) is 30.2 Å². The number of nitrogens with zero attached hydrogens (tertiary/aromatic N) is 1. The highest BCUT2D eigenvalue weighted by molar-refractivity contribution is 7.99. The lowest BCUT2D eigenvalue weighted by Crippen LogP contribution is -2.50. The average molecular weight is 300 g/mol. The third kappa shape index (κ3) is 2.29. The van der Waals surface area contributed by atoms with Gasteiger partial charge >= 0.3 is 0 Å². The van der Waals surface area contributed by atoms with Crippen molar-refractivity contribution in [1.29, 1.82) is 0 Å². The summed E-state index contributed by atoms with van der Waals surface area (Å²) in [5, 5.41) is 0. The average Bonchev–Trinajstić information content (AvgIpc) is 2.77. The van der Waals surface area contributed by atoms with Gasteiger partial charge in [-0.15, -0.1) is 11.8 Å². The molecule has 0 unspecified atom stereocenters. The number of sulfone groups is 1. The number of fused-ring (bicyclic) bond motifs is 1. The number of hydrogen-bond acceptors (Lipinski definition) is 5. The van der Waals surface area contributed by atoms with Crippen LogP contribution < -0.4 is 10.5 Å². The normalized spacial score (nSPS) is 24.2. The van der Waals surface area contributed by atoms with E-state index in [2.05, 4.69) is 16.8 Å². The summed E-state index contributed by atoms with van der Waals surface area (Å²) in [6.45, 7) is 2.11. The van der Waals surface area contributed by atoms with E-state index >= 15 is 0 Å². The first-order valence-electron chi connectivity index (χ1n) is 6.23. The Hall–Kier alpha value is -0.950. The Bertz CT molecular complexity index is 652. The molecule has 19 heavy (non-hydrogen) atoms. The van der Waals surface area contributed by atoms with Crippen LogP contribution in [-0.4, -0.2) is 36.3 Å². The molecule has 5 nitrogen and oxygen atoms in total. The van der Waals surface area contributed by atoms with Crippen LogP contribution in [0.2, 0.25) is 0 Å². The quantitative estimate of drug-likeness (QED) is 0.844. The van der Waals surface area contributed by atoms with E-state index in [0.717, 1.165) is 16.5 Å². The zero-order chi connectivity index (χ0) is 13.7. The molecule has 0 amide bonds. The molecule has 3 rings (SSSR count). The highest BCUT2D eigenvalue weighted by atomic mass is 32.2. The maximum absolute atomic E-state index is 11.6. The van der Waals surface area contributed by atoms with Gasteiger partial charge < -0.3 is 9.88 Å². The van der Waals surface area contributed by atoms with Gasteiger partial charge in [0, 0.05) is 22.7 Å². The minimum atomic E-state index is -2.86. The fraction of sp³-hybridized carbons (Fsp3) is 0.583. The van der Waals surface area contributed by atoms with Crippen molar-refractivity contribution in [1.82, 2.24) is 4.98 Å². The molecule has 0 aromatic carbocycles. The molecule has 3 heterocycles. The first-order chi connectivity index (χ1) is 8.90. The summed E-state index contributed by atoms with van der Waals surface area (Å²) in [6.07, 6.45) is 3.04. The Balaban J connectivity index is 1.91. The van der Waals surface area contributed by atoms with Crippen molar-refractivity contribution >= 4 is 27.3 Å². The second-order valence-electron chi connectivity index (χ2n) is 5.40. The molecule has 0 spiro atoms. The number of anilines is 1. The van der Waals surface area contributed by atoms with Gasteiger partial charge in [-0.3, -0.25) is 4.79 Å². The highest BCUT2D eigenvalue weighted by Gasteiger charge is 2.41. The fourth-order valence-corrected chi connectivity index (χ4v) is 5.60. The molecule has 2 aliphatic heterocycles. The monoisotopic (exact) mass is 300 g/mol. The van der Waals surface area contributed by atoms with E-state index in [-0.39, 0.29) is 22.6 Å². The molecular formula is C12H16N2O3S2. The van der Waals surface area contributed by atoms with Crippen molar-refractivity contribution in [3.63, 3.8) is 0 Å². The van der Waals surface area contributed by atoms with E-state index in [4.69, 9.17) is 0 Å². The van der Waals surface area contributed by atoms with Crippen LogP contribution >= 0.6 is 11.8 Å². The van der Waals surface area contributed by atoms with Gasteiger partial charge in [-0.05, 0) is 19.8 Å².